The lowest BCUT2D eigenvalue weighted by atomic mass is 10.2. The summed E-state index contributed by atoms with van der Waals surface area (Å²) >= 11 is 0. The minimum atomic E-state index is -6.53. The van der Waals surface area contributed by atoms with E-state index in [9.17, 15) is 43.9 Å². The summed E-state index contributed by atoms with van der Waals surface area (Å²) in [6, 6.07) is -6.02. The van der Waals surface area contributed by atoms with Crippen LogP contribution in [0.3, 0.4) is 0 Å². The number of halogens is 10. The first-order valence-corrected chi connectivity index (χ1v) is 3.46. The van der Waals surface area contributed by atoms with Gasteiger partial charge in [0.25, 0.3) is 0 Å². The molecule has 1 aliphatic heterocycles. The van der Waals surface area contributed by atoms with Gasteiger partial charge in [0.05, 0.1) is 0 Å². The molecule has 0 aromatic rings. The molecule has 17 heavy (non-hydrogen) atoms. The summed E-state index contributed by atoms with van der Waals surface area (Å²) in [5, 5.41) is 0. The largest absolute Gasteiger partial charge is 0.527 e. The van der Waals surface area contributed by atoms with Gasteiger partial charge in [-0.2, -0.15) is 30.7 Å². The van der Waals surface area contributed by atoms with Crippen molar-refractivity contribution >= 4 is 0 Å². The predicted molar refractivity (Wildman–Crippen MR) is 26.9 cm³/mol. The standard InChI is InChI=1S/C5F10O2/c6-1(7)2(8,9)4(12,16-3(1,10)11)17-5(13,14)15. The van der Waals surface area contributed by atoms with Gasteiger partial charge in [0, 0.05) is 0 Å². The molecule has 12 heteroatoms. The minimum Gasteiger partial charge on any atom is -0.248 e. The van der Waals surface area contributed by atoms with E-state index in [1.165, 1.54) is 0 Å². The van der Waals surface area contributed by atoms with Gasteiger partial charge in [-0.15, -0.1) is 13.2 Å². The van der Waals surface area contributed by atoms with Gasteiger partial charge in [0.1, 0.15) is 0 Å². The molecule has 0 aromatic heterocycles. The van der Waals surface area contributed by atoms with Crippen molar-refractivity contribution in [1.82, 2.24) is 0 Å². The highest BCUT2D eigenvalue weighted by Gasteiger charge is 2.92. The van der Waals surface area contributed by atoms with E-state index in [0.717, 1.165) is 0 Å². The van der Waals surface area contributed by atoms with Crippen LogP contribution in [0.4, 0.5) is 43.9 Å². The molecular formula is C5F10O2. The molecule has 2 nitrogen and oxygen atoms in total. The first kappa shape index (κ1) is 14.3. The third kappa shape index (κ3) is 1.82. The van der Waals surface area contributed by atoms with E-state index in [1.807, 2.05) is 4.74 Å². The predicted octanol–water partition coefficient (Wildman–Crippen LogP) is 3.04. The molecular weight excluding hydrogens is 282 g/mol. The van der Waals surface area contributed by atoms with Crippen molar-refractivity contribution in [2.45, 2.75) is 30.4 Å². The van der Waals surface area contributed by atoms with Crippen LogP contribution in [0, 0.1) is 0 Å². The second-order valence-corrected chi connectivity index (χ2v) is 2.85. The number of ether oxygens (including phenoxy) is 2. The molecule has 0 amide bonds. The molecule has 1 unspecified atom stereocenters. The van der Waals surface area contributed by atoms with Crippen LogP contribution in [0.2, 0.25) is 0 Å². The molecule has 0 saturated carbocycles. The lowest BCUT2D eigenvalue weighted by molar-refractivity contribution is -0.497. The highest BCUT2D eigenvalue weighted by atomic mass is 19.4. The van der Waals surface area contributed by atoms with Crippen molar-refractivity contribution in [2.75, 3.05) is 0 Å². The third-order valence-corrected chi connectivity index (χ3v) is 1.64. The summed E-state index contributed by atoms with van der Waals surface area (Å²) in [5.41, 5.74) is 0. The molecule has 0 aromatic carbocycles. The van der Waals surface area contributed by atoms with E-state index < -0.39 is 30.4 Å². The Morgan fingerprint density at radius 3 is 1.41 bits per heavy atom. The number of hydrogen-bond donors (Lipinski definition) is 0. The Morgan fingerprint density at radius 2 is 1.18 bits per heavy atom. The second kappa shape index (κ2) is 3.16. The number of rotatable bonds is 1. The molecule has 0 bridgehead atoms. The van der Waals surface area contributed by atoms with Crippen molar-refractivity contribution in [1.29, 1.82) is 0 Å². The zero-order chi connectivity index (χ0) is 13.9. The van der Waals surface area contributed by atoms with Gasteiger partial charge in [-0.1, -0.05) is 0 Å². The van der Waals surface area contributed by atoms with Crippen LogP contribution in [0.5, 0.6) is 0 Å². The van der Waals surface area contributed by atoms with Gasteiger partial charge in [-0.3, -0.25) is 0 Å². The van der Waals surface area contributed by atoms with Crippen LogP contribution in [-0.2, 0) is 9.47 Å². The molecule has 1 saturated heterocycles. The Kier molecular flexibility index (Phi) is 2.65. The van der Waals surface area contributed by atoms with Gasteiger partial charge in [-0.25, -0.2) is 9.47 Å². The van der Waals surface area contributed by atoms with Crippen LogP contribution in [0.1, 0.15) is 0 Å². The quantitative estimate of drug-likeness (QED) is 0.688. The smallest absolute Gasteiger partial charge is 0.248 e. The maximum Gasteiger partial charge on any atom is 0.527 e. The fraction of sp³-hybridized carbons (Fsp3) is 1.00. The van der Waals surface area contributed by atoms with Gasteiger partial charge in [-0.05, 0) is 0 Å². The lowest BCUT2D eigenvalue weighted by Crippen LogP contribution is -2.54. The van der Waals surface area contributed by atoms with Crippen LogP contribution < -0.4 is 0 Å². The molecule has 1 aliphatic rings. The molecule has 0 N–H and O–H groups in total. The molecule has 0 radical (unpaired) electrons. The summed E-state index contributed by atoms with van der Waals surface area (Å²) in [7, 11) is 0. The van der Waals surface area contributed by atoms with E-state index in [1.54, 1.807) is 0 Å². The first-order chi connectivity index (χ1) is 7.16. The van der Waals surface area contributed by atoms with Gasteiger partial charge >= 0.3 is 30.4 Å². The summed E-state index contributed by atoms with van der Waals surface area (Å²) in [4.78, 5) is 0. The molecule has 1 rings (SSSR count). The normalized spacial score (nSPS) is 34.9. The van der Waals surface area contributed by atoms with E-state index in [0.29, 0.717) is 0 Å². The molecule has 1 fully saturated rings. The Morgan fingerprint density at radius 1 is 0.765 bits per heavy atom. The first-order valence-electron chi connectivity index (χ1n) is 3.46. The highest BCUT2D eigenvalue weighted by molar-refractivity contribution is 5.04. The number of alkyl halides is 10. The second-order valence-electron chi connectivity index (χ2n) is 2.85. The fourth-order valence-corrected chi connectivity index (χ4v) is 0.897. The Bertz CT molecular complexity index is 321. The van der Waals surface area contributed by atoms with Crippen molar-refractivity contribution in [3.05, 3.63) is 0 Å². The zero-order valence-electron chi connectivity index (χ0n) is 7.10. The molecule has 1 heterocycles. The topological polar surface area (TPSA) is 18.5 Å². The third-order valence-electron chi connectivity index (χ3n) is 1.64. The summed E-state index contributed by atoms with van der Waals surface area (Å²) < 4.78 is 125. The zero-order valence-corrected chi connectivity index (χ0v) is 7.10. The van der Waals surface area contributed by atoms with Gasteiger partial charge in [0.2, 0.25) is 0 Å². The Hall–Kier alpha value is -0.780. The van der Waals surface area contributed by atoms with E-state index in [-0.39, 0.29) is 0 Å². The summed E-state index contributed by atoms with van der Waals surface area (Å²) in [6.45, 7) is 0. The maximum atomic E-state index is 12.7. The van der Waals surface area contributed by atoms with Crippen molar-refractivity contribution < 1.29 is 53.4 Å². The van der Waals surface area contributed by atoms with Crippen LogP contribution >= 0.6 is 0 Å². The highest BCUT2D eigenvalue weighted by Crippen LogP contribution is 2.61. The molecule has 102 valence electrons. The van der Waals surface area contributed by atoms with Crippen molar-refractivity contribution in [3.8, 4) is 0 Å². The average Bonchev–Trinajstić information content (AvgIpc) is 2.04. The molecule has 0 aliphatic carbocycles. The van der Waals surface area contributed by atoms with E-state index in [2.05, 4.69) is 4.74 Å². The van der Waals surface area contributed by atoms with Crippen LogP contribution in [0.15, 0.2) is 0 Å². The van der Waals surface area contributed by atoms with Gasteiger partial charge < -0.3 is 0 Å². The summed E-state index contributed by atoms with van der Waals surface area (Å²) in [5.74, 6) is -13.0. The van der Waals surface area contributed by atoms with Crippen LogP contribution in [-0.4, -0.2) is 30.4 Å². The SMILES string of the molecule is FC(F)(F)OC1(F)OC(F)(F)C(F)(F)C1(F)F. The maximum absolute atomic E-state index is 12.7. The fourth-order valence-electron chi connectivity index (χ4n) is 0.897. The average molecular weight is 282 g/mol. The Labute approximate surface area is 85.1 Å². The summed E-state index contributed by atoms with van der Waals surface area (Å²) in [6.07, 6.45) is -12.4. The number of hydrogen-bond acceptors (Lipinski definition) is 2. The van der Waals surface area contributed by atoms with Crippen LogP contribution in [0.25, 0.3) is 0 Å². The monoisotopic (exact) mass is 282 g/mol. The molecule has 0 spiro atoms. The van der Waals surface area contributed by atoms with Crippen molar-refractivity contribution in [3.63, 3.8) is 0 Å². The van der Waals surface area contributed by atoms with Gasteiger partial charge in [0.15, 0.2) is 0 Å². The lowest BCUT2D eigenvalue weighted by Gasteiger charge is -2.25. The minimum absolute atomic E-state index is 1.87. The van der Waals surface area contributed by atoms with E-state index in [4.69, 9.17) is 0 Å². The van der Waals surface area contributed by atoms with Crippen molar-refractivity contribution in [2.24, 2.45) is 0 Å². The van der Waals surface area contributed by atoms with E-state index >= 15 is 0 Å². The Balaban J connectivity index is 3.21. The molecule has 1 atom stereocenters.